The van der Waals surface area contributed by atoms with Crippen LogP contribution in [0.4, 0.5) is 0 Å². The topological polar surface area (TPSA) is 88.6 Å². The number of amides is 1. The maximum atomic E-state index is 13.3. The highest BCUT2D eigenvalue weighted by Gasteiger charge is 2.36. The molecule has 11 heteroatoms. The number of halogens is 1. The maximum absolute atomic E-state index is 13.3. The first-order valence-electron chi connectivity index (χ1n) is 12.1. The van der Waals surface area contributed by atoms with Gasteiger partial charge in [-0.1, -0.05) is 17.7 Å². The van der Waals surface area contributed by atoms with Crippen molar-refractivity contribution in [3.63, 3.8) is 0 Å². The lowest BCUT2D eigenvalue weighted by atomic mass is 9.97. The Kier molecular flexibility index (Phi) is 7.30. The van der Waals surface area contributed by atoms with Crippen molar-refractivity contribution in [2.45, 2.75) is 24.3 Å². The van der Waals surface area contributed by atoms with E-state index in [2.05, 4.69) is 4.90 Å². The number of piperazine rings is 1. The van der Waals surface area contributed by atoms with Gasteiger partial charge in [-0.2, -0.15) is 4.31 Å². The predicted molar refractivity (Wildman–Crippen MR) is 134 cm³/mol. The highest BCUT2D eigenvalue weighted by Crippen LogP contribution is 2.33. The molecule has 2 aromatic rings. The van der Waals surface area contributed by atoms with Crippen LogP contribution in [0.5, 0.6) is 17.2 Å². The summed E-state index contributed by atoms with van der Waals surface area (Å²) in [5, 5.41) is 0.238. The summed E-state index contributed by atoms with van der Waals surface area (Å²) in [5.74, 6) is 1.65. The Labute approximate surface area is 216 Å². The highest BCUT2D eigenvalue weighted by atomic mass is 35.5. The molecule has 9 nitrogen and oxygen atoms in total. The van der Waals surface area contributed by atoms with E-state index in [0.29, 0.717) is 38.2 Å². The summed E-state index contributed by atoms with van der Waals surface area (Å²) in [6.45, 7) is 4.38. The van der Waals surface area contributed by atoms with E-state index in [1.807, 2.05) is 23.1 Å². The zero-order chi connectivity index (χ0) is 25.3. The lowest BCUT2D eigenvalue weighted by molar-refractivity contribution is -0.138. The maximum Gasteiger partial charge on any atom is 0.243 e. The molecule has 1 amide bonds. The van der Waals surface area contributed by atoms with E-state index in [0.717, 1.165) is 36.7 Å². The first-order chi connectivity index (χ1) is 17.3. The summed E-state index contributed by atoms with van der Waals surface area (Å²) in [7, 11) is -2.28. The van der Waals surface area contributed by atoms with E-state index in [1.165, 1.54) is 23.5 Å². The lowest BCUT2D eigenvalue weighted by Gasteiger charge is -2.38. The number of piperidine rings is 1. The van der Waals surface area contributed by atoms with Gasteiger partial charge < -0.3 is 19.1 Å². The van der Waals surface area contributed by atoms with Crippen molar-refractivity contribution in [3.05, 3.63) is 47.0 Å². The third-order valence-corrected chi connectivity index (χ3v) is 9.18. The van der Waals surface area contributed by atoms with Gasteiger partial charge in [-0.25, -0.2) is 8.42 Å². The molecule has 2 saturated heterocycles. The minimum Gasteiger partial charge on any atom is -0.495 e. The largest absolute Gasteiger partial charge is 0.495 e. The molecule has 0 bridgehead atoms. The summed E-state index contributed by atoms with van der Waals surface area (Å²) in [6, 6.07) is 10.4. The number of carbonyl (C=O) groups is 1. The normalized spacial score (nSPS) is 20.9. The van der Waals surface area contributed by atoms with Gasteiger partial charge in [0.15, 0.2) is 11.5 Å². The van der Waals surface area contributed by atoms with Gasteiger partial charge >= 0.3 is 0 Å². The van der Waals surface area contributed by atoms with Crippen LogP contribution < -0.4 is 14.2 Å². The molecule has 2 fully saturated rings. The van der Waals surface area contributed by atoms with E-state index < -0.39 is 10.0 Å². The van der Waals surface area contributed by atoms with Gasteiger partial charge in [0, 0.05) is 45.8 Å². The minimum absolute atomic E-state index is 0.0328. The highest BCUT2D eigenvalue weighted by molar-refractivity contribution is 7.89. The van der Waals surface area contributed by atoms with Crippen LogP contribution in [0.2, 0.25) is 5.02 Å². The molecule has 3 aliphatic heterocycles. The van der Waals surface area contributed by atoms with Crippen molar-refractivity contribution >= 4 is 27.5 Å². The second-order valence-electron chi connectivity index (χ2n) is 9.29. The summed E-state index contributed by atoms with van der Waals surface area (Å²) in [5.41, 5.74) is 1.14. The first kappa shape index (κ1) is 25.1. The molecule has 0 aliphatic carbocycles. The SMILES string of the molecule is COc1ccc(S(=O)(=O)N2CCC[C@H](C(=O)N3CCN(Cc4ccc5c(c4)OCO5)CC3)C2)cc1Cl. The molecule has 0 radical (unpaired) electrons. The minimum atomic E-state index is -3.76. The third-order valence-electron chi connectivity index (χ3n) is 7.02. The number of sulfonamides is 1. The molecule has 0 spiro atoms. The van der Waals surface area contributed by atoms with Gasteiger partial charge in [0.25, 0.3) is 0 Å². The fourth-order valence-electron chi connectivity index (χ4n) is 5.00. The van der Waals surface area contributed by atoms with Crippen LogP contribution in [0.15, 0.2) is 41.3 Å². The molecule has 0 unspecified atom stereocenters. The number of nitrogens with zero attached hydrogens (tertiary/aromatic N) is 3. The van der Waals surface area contributed by atoms with E-state index in [4.69, 9.17) is 25.8 Å². The smallest absolute Gasteiger partial charge is 0.243 e. The van der Waals surface area contributed by atoms with Crippen molar-refractivity contribution in [1.29, 1.82) is 0 Å². The van der Waals surface area contributed by atoms with E-state index >= 15 is 0 Å². The Balaban J connectivity index is 1.17. The molecule has 194 valence electrons. The Bertz CT molecular complexity index is 1230. The first-order valence-corrected chi connectivity index (χ1v) is 13.9. The van der Waals surface area contributed by atoms with Crippen LogP contribution in [0.1, 0.15) is 18.4 Å². The second kappa shape index (κ2) is 10.5. The number of rotatable bonds is 6. The standard InChI is InChI=1S/C25H30ClN3O6S/c1-33-22-7-5-20(14-21(22)26)36(31,32)29-8-2-3-19(16-29)25(30)28-11-9-27(10-12-28)15-18-4-6-23-24(13-18)35-17-34-23/h4-7,13-14,19H,2-3,8-12,15-17H2,1H3/t19-/m0/s1. The Morgan fingerprint density at radius 2 is 1.83 bits per heavy atom. The van der Waals surface area contributed by atoms with Crippen molar-refractivity contribution in [1.82, 2.24) is 14.1 Å². The lowest BCUT2D eigenvalue weighted by Crippen LogP contribution is -2.52. The zero-order valence-corrected chi connectivity index (χ0v) is 21.8. The molecule has 0 N–H and O–H groups in total. The van der Waals surface area contributed by atoms with Crippen LogP contribution in [-0.2, 0) is 21.4 Å². The van der Waals surface area contributed by atoms with Crippen molar-refractivity contribution in [3.8, 4) is 17.2 Å². The van der Waals surface area contributed by atoms with Gasteiger partial charge in [0.1, 0.15) is 5.75 Å². The molecule has 2 aromatic carbocycles. The number of carbonyl (C=O) groups excluding carboxylic acids is 1. The number of benzene rings is 2. The Hall–Kier alpha value is -2.53. The summed E-state index contributed by atoms with van der Waals surface area (Å²) in [6.07, 6.45) is 1.33. The van der Waals surface area contributed by atoms with Crippen LogP contribution in [0.3, 0.4) is 0 Å². The number of hydrogen-bond acceptors (Lipinski definition) is 7. The molecule has 3 aliphatic rings. The van der Waals surface area contributed by atoms with E-state index in [-0.39, 0.29) is 35.1 Å². The van der Waals surface area contributed by atoms with Gasteiger partial charge in [0.2, 0.25) is 22.7 Å². The molecule has 0 saturated carbocycles. The number of hydrogen-bond donors (Lipinski definition) is 0. The molecule has 0 aromatic heterocycles. The molecule has 1 atom stereocenters. The molecular weight excluding hydrogens is 506 g/mol. The third kappa shape index (κ3) is 5.13. The van der Waals surface area contributed by atoms with E-state index in [1.54, 1.807) is 6.07 Å². The summed E-state index contributed by atoms with van der Waals surface area (Å²) < 4.78 is 43.9. The fraction of sp³-hybridized carbons (Fsp3) is 0.480. The van der Waals surface area contributed by atoms with Gasteiger partial charge in [-0.05, 0) is 48.7 Å². The fourth-order valence-corrected chi connectivity index (χ4v) is 6.87. The van der Waals surface area contributed by atoms with Crippen molar-refractivity contribution in [2.24, 2.45) is 5.92 Å². The van der Waals surface area contributed by atoms with Gasteiger partial charge in [0.05, 0.1) is 22.9 Å². The van der Waals surface area contributed by atoms with Crippen LogP contribution in [-0.4, -0.2) is 81.6 Å². The van der Waals surface area contributed by atoms with Crippen LogP contribution >= 0.6 is 11.6 Å². The monoisotopic (exact) mass is 535 g/mol. The van der Waals surface area contributed by atoms with Gasteiger partial charge in [-0.3, -0.25) is 9.69 Å². The molecular formula is C25H30ClN3O6S. The average molecular weight is 536 g/mol. The Morgan fingerprint density at radius 1 is 1.06 bits per heavy atom. The molecule has 3 heterocycles. The van der Waals surface area contributed by atoms with Gasteiger partial charge in [-0.15, -0.1) is 0 Å². The summed E-state index contributed by atoms with van der Waals surface area (Å²) >= 11 is 6.16. The van der Waals surface area contributed by atoms with E-state index in [9.17, 15) is 13.2 Å². The zero-order valence-electron chi connectivity index (χ0n) is 20.2. The predicted octanol–water partition coefficient (Wildman–Crippen LogP) is 2.82. The van der Waals surface area contributed by atoms with Crippen molar-refractivity contribution < 1.29 is 27.4 Å². The number of methoxy groups -OCH3 is 1. The molecule has 36 heavy (non-hydrogen) atoms. The van der Waals surface area contributed by atoms with Crippen LogP contribution in [0.25, 0.3) is 0 Å². The Morgan fingerprint density at radius 3 is 2.58 bits per heavy atom. The van der Waals surface area contributed by atoms with Crippen molar-refractivity contribution in [2.75, 3.05) is 53.2 Å². The summed E-state index contributed by atoms with van der Waals surface area (Å²) in [4.78, 5) is 17.6. The number of ether oxygens (including phenoxy) is 3. The van der Waals surface area contributed by atoms with Crippen LogP contribution in [0, 0.1) is 5.92 Å². The second-order valence-corrected chi connectivity index (χ2v) is 11.6. The average Bonchev–Trinajstić information content (AvgIpc) is 3.37. The quantitative estimate of drug-likeness (QED) is 0.562. The molecule has 5 rings (SSSR count). The number of fused-ring (bicyclic) bond motifs is 1.